The molecule has 0 aromatic carbocycles. The average molecular weight is 273 g/mol. The van der Waals surface area contributed by atoms with Gasteiger partial charge < -0.3 is 4.42 Å². The molecule has 0 saturated heterocycles. The van der Waals surface area contributed by atoms with Gasteiger partial charge in [0.1, 0.15) is 10.7 Å². The van der Waals surface area contributed by atoms with Crippen LogP contribution in [0.25, 0.3) is 22.4 Å². The van der Waals surface area contributed by atoms with Crippen LogP contribution in [-0.4, -0.2) is 14.9 Å². The second-order valence-electron chi connectivity index (χ2n) is 3.66. The number of aromatic nitrogens is 2. The van der Waals surface area contributed by atoms with E-state index in [0.29, 0.717) is 11.6 Å². The number of nitrogens with zero attached hydrogens (tertiary/aromatic N) is 3. The van der Waals surface area contributed by atoms with Crippen LogP contribution in [0.2, 0.25) is 0 Å². The van der Waals surface area contributed by atoms with Crippen molar-refractivity contribution < 1.29 is 9.34 Å². The Balaban J connectivity index is 1.86. The molecule has 0 unspecified atom stereocenters. The van der Waals surface area contributed by atoms with E-state index in [4.69, 9.17) is 4.42 Å². The molecule has 0 fully saturated rings. The molecule has 0 aliphatic carbocycles. The highest BCUT2D eigenvalue weighted by atomic mass is 32.1. The second kappa shape index (κ2) is 4.62. The van der Waals surface area contributed by atoms with Crippen LogP contribution in [0.3, 0.4) is 0 Å². The molecule has 3 heterocycles. The third-order valence-electron chi connectivity index (χ3n) is 2.41. The number of nitro groups is 1. The highest BCUT2D eigenvalue weighted by molar-refractivity contribution is 7.17. The second-order valence-corrected chi connectivity index (χ2v) is 4.61. The Morgan fingerprint density at radius 3 is 3.00 bits per heavy atom. The first-order valence-electron chi connectivity index (χ1n) is 5.35. The predicted octanol–water partition coefficient (Wildman–Crippen LogP) is 3.36. The Kier molecular flexibility index (Phi) is 2.81. The molecule has 7 heteroatoms. The lowest BCUT2D eigenvalue weighted by Gasteiger charge is -1.91. The first kappa shape index (κ1) is 11.5. The topological polar surface area (TPSA) is 82.1 Å². The lowest BCUT2D eigenvalue weighted by atomic mass is 10.3. The minimum absolute atomic E-state index is 0.283. The van der Waals surface area contributed by atoms with Gasteiger partial charge in [-0.05, 0) is 29.7 Å². The standard InChI is InChI=1S/C12H7N3O3S/c16-15(17)12-4-2-8(18-12)1-3-11-13-7-10-9(14-11)5-6-19-10/h1-7H. The van der Waals surface area contributed by atoms with Crippen LogP contribution < -0.4 is 0 Å². The van der Waals surface area contributed by atoms with Gasteiger partial charge in [-0.25, -0.2) is 9.97 Å². The van der Waals surface area contributed by atoms with Crippen LogP contribution in [0, 0.1) is 10.1 Å². The van der Waals surface area contributed by atoms with Crippen molar-refractivity contribution in [3.8, 4) is 0 Å². The van der Waals surface area contributed by atoms with E-state index in [1.807, 2.05) is 11.4 Å². The summed E-state index contributed by atoms with van der Waals surface area (Å²) in [7, 11) is 0. The largest absolute Gasteiger partial charge is 0.433 e. The zero-order chi connectivity index (χ0) is 13.2. The Bertz CT molecular complexity index is 775. The van der Waals surface area contributed by atoms with E-state index in [9.17, 15) is 10.1 Å². The summed E-state index contributed by atoms with van der Waals surface area (Å²) in [6.07, 6.45) is 5.00. The first-order chi connectivity index (χ1) is 9.22. The third-order valence-corrected chi connectivity index (χ3v) is 3.25. The summed E-state index contributed by atoms with van der Waals surface area (Å²) >= 11 is 1.57. The van der Waals surface area contributed by atoms with Crippen LogP contribution in [0.15, 0.2) is 34.2 Å². The normalized spacial score (nSPS) is 11.4. The van der Waals surface area contributed by atoms with Crippen molar-refractivity contribution in [3.63, 3.8) is 0 Å². The third kappa shape index (κ3) is 2.36. The molecule has 0 bridgehead atoms. The lowest BCUT2D eigenvalue weighted by molar-refractivity contribution is -0.402. The number of thiophene rings is 1. The maximum Gasteiger partial charge on any atom is 0.433 e. The molecular formula is C12H7N3O3S. The molecule has 0 amide bonds. The van der Waals surface area contributed by atoms with Crippen molar-refractivity contribution in [2.45, 2.75) is 0 Å². The quantitative estimate of drug-likeness (QED) is 0.539. The fraction of sp³-hybridized carbons (Fsp3) is 0. The van der Waals surface area contributed by atoms with Gasteiger partial charge in [-0.1, -0.05) is 0 Å². The summed E-state index contributed by atoms with van der Waals surface area (Å²) in [5.41, 5.74) is 0.880. The van der Waals surface area contributed by atoms with Crippen molar-refractivity contribution in [2.75, 3.05) is 0 Å². The SMILES string of the molecule is O=[N+]([O-])c1ccc(C=Cc2ncc3sccc3n2)o1. The van der Waals surface area contributed by atoms with Gasteiger partial charge in [0.05, 0.1) is 16.3 Å². The van der Waals surface area contributed by atoms with E-state index in [0.717, 1.165) is 10.2 Å². The van der Waals surface area contributed by atoms with Gasteiger partial charge >= 0.3 is 5.88 Å². The molecule has 19 heavy (non-hydrogen) atoms. The van der Waals surface area contributed by atoms with Crippen molar-refractivity contribution in [3.05, 3.63) is 51.5 Å². The van der Waals surface area contributed by atoms with E-state index in [2.05, 4.69) is 9.97 Å². The summed E-state index contributed by atoms with van der Waals surface area (Å²) in [6.45, 7) is 0. The van der Waals surface area contributed by atoms with E-state index >= 15 is 0 Å². The number of rotatable bonds is 3. The Morgan fingerprint density at radius 2 is 2.21 bits per heavy atom. The smallest absolute Gasteiger partial charge is 0.401 e. The highest BCUT2D eigenvalue weighted by Crippen LogP contribution is 2.19. The maximum atomic E-state index is 10.5. The van der Waals surface area contributed by atoms with Crippen molar-refractivity contribution in [1.29, 1.82) is 0 Å². The molecule has 3 rings (SSSR count). The zero-order valence-electron chi connectivity index (χ0n) is 9.52. The van der Waals surface area contributed by atoms with Crippen molar-refractivity contribution >= 4 is 39.6 Å². The number of hydrogen-bond acceptors (Lipinski definition) is 6. The van der Waals surface area contributed by atoms with Crippen LogP contribution >= 0.6 is 11.3 Å². The fourth-order valence-electron chi connectivity index (χ4n) is 1.55. The molecule has 3 aromatic heterocycles. The van der Waals surface area contributed by atoms with E-state index < -0.39 is 4.92 Å². The maximum absolute atomic E-state index is 10.5. The van der Waals surface area contributed by atoms with E-state index in [1.54, 1.807) is 29.7 Å². The van der Waals surface area contributed by atoms with Gasteiger partial charge in [-0.15, -0.1) is 11.3 Å². The molecule has 0 aliphatic rings. The molecule has 0 N–H and O–H groups in total. The Labute approximate surface area is 111 Å². The fourth-order valence-corrected chi connectivity index (χ4v) is 2.24. The first-order valence-corrected chi connectivity index (χ1v) is 6.23. The van der Waals surface area contributed by atoms with Crippen molar-refractivity contribution in [2.24, 2.45) is 0 Å². The minimum Gasteiger partial charge on any atom is -0.401 e. The number of hydrogen-bond donors (Lipinski definition) is 0. The molecule has 6 nitrogen and oxygen atoms in total. The van der Waals surface area contributed by atoms with Gasteiger partial charge in [-0.3, -0.25) is 10.1 Å². The molecule has 0 saturated carbocycles. The van der Waals surface area contributed by atoms with E-state index in [1.165, 1.54) is 12.1 Å². The van der Waals surface area contributed by atoms with Gasteiger partial charge in [0.25, 0.3) is 0 Å². The van der Waals surface area contributed by atoms with Gasteiger partial charge in [0.2, 0.25) is 0 Å². The molecule has 0 atom stereocenters. The van der Waals surface area contributed by atoms with Gasteiger partial charge in [-0.2, -0.15) is 0 Å². The van der Waals surface area contributed by atoms with Gasteiger partial charge in [0.15, 0.2) is 5.82 Å². The van der Waals surface area contributed by atoms with Crippen LogP contribution in [0.5, 0.6) is 0 Å². The highest BCUT2D eigenvalue weighted by Gasteiger charge is 2.09. The Hall–Kier alpha value is -2.54. The zero-order valence-corrected chi connectivity index (χ0v) is 10.3. The van der Waals surface area contributed by atoms with Crippen molar-refractivity contribution in [1.82, 2.24) is 9.97 Å². The number of furan rings is 1. The molecule has 0 spiro atoms. The molecule has 3 aromatic rings. The summed E-state index contributed by atoms with van der Waals surface area (Å²) in [4.78, 5) is 18.4. The monoisotopic (exact) mass is 273 g/mol. The Morgan fingerprint density at radius 1 is 1.32 bits per heavy atom. The van der Waals surface area contributed by atoms with Crippen LogP contribution in [0.4, 0.5) is 5.88 Å². The predicted molar refractivity (Wildman–Crippen MR) is 71.7 cm³/mol. The summed E-state index contributed by atoms with van der Waals surface area (Å²) in [5, 5.41) is 12.4. The molecular weight excluding hydrogens is 266 g/mol. The summed E-state index contributed by atoms with van der Waals surface area (Å²) in [5.74, 6) is 0.638. The lowest BCUT2D eigenvalue weighted by Crippen LogP contribution is -1.85. The molecule has 0 aliphatic heterocycles. The van der Waals surface area contributed by atoms with Crippen LogP contribution in [-0.2, 0) is 0 Å². The van der Waals surface area contributed by atoms with Gasteiger partial charge in [0, 0.05) is 6.20 Å². The average Bonchev–Trinajstić information content (AvgIpc) is 3.04. The number of fused-ring (bicyclic) bond motifs is 1. The molecule has 0 radical (unpaired) electrons. The summed E-state index contributed by atoms with van der Waals surface area (Å²) in [6, 6.07) is 4.75. The van der Waals surface area contributed by atoms with E-state index in [-0.39, 0.29) is 5.88 Å². The van der Waals surface area contributed by atoms with Crippen LogP contribution in [0.1, 0.15) is 11.6 Å². The summed E-state index contributed by atoms with van der Waals surface area (Å²) < 4.78 is 6.02. The minimum atomic E-state index is -0.578. The molecule has 94 valence electrons.